The SMILES string of the molecule is O=Cc1conc1-c1ccccc1F. The molecule has 0 bridgehead atoms. The Kier molecular flexibility index (Phi) is 2.10. The number of hydrogen-bond acceptors (Lipinski definition) is 3. The van der Waals surface area contributed by atoms with Crippen LogP contribution >= 0.6 is 0 Å². The summed E-state index contributed by atoms with van der Waals surface area (Å²) in [6, 6.07) is 6.08. The molecule has 0 radical (unpaired) electrons. The molecular formula is C10H6FNO2. The van der Waals surface area contributed by atoms with Crippen LogP contribution in [0.15, 0.2) is 35.1 Å². The molecule has 0 unspecified atom stereocenters. The van der Waals surface area contributed by atoms with Gasteiger partial charge in [0.15, 0.2) is 6.29 Å². The number of hydrogen-bond donors (Lipinski definition) is 0. The van der Waals surface area contributed by atoms with E-state index in [4.69, 9.17) is 0 Å². The van der Waals surface area contributed by atoms with Gasteiger partial charge in [0.05, 0.1) is 5.56 Å². The van der Waals surface area contributed by atoms with Gasteiger partial charge in [0.1, 0.15) is 17.8 Å². The molecule has 0 fully saturated rings. The zero-order chi connectivity index (χ0) is 9.97. The van der Waals surface area contributed by atoms with Crippen molar-refractivity contribution >= 4 is 6.29 Å². The molecule has 4 heteroatoms. The number of carbonyl (C=O) groups excluding carboxylic acids is 1. The standard InChI is InChI=1S/C10H6FNO2/c11-9-4-2-1-3-8(9)10-7(5-13)6-14-12-10/h1-6H. The summed E-state index contributed by atoms with van der Waals surface area (Å²) in [5.74, 6) is -0.426. The summed E-state index contributed by atoms with van der Waals surface area (Å²) in [4.78, 5) is 10.6. The highest BCUT2D eigenvalue weighted by atomic mass is 19.1. The minimum absolute atomic E-state index is 0.234. The van der Waals surface area contributed by atoms with E-state index in [1.807, 2.05) is 0 Å². The monoisotopic (exact) mass is 191 g/mol. The van der Waals surface area contributed by atoms with Crippen molar-refractivity contribution in [3.8, 4) is 11.3 Å². The Morgan fingerprint density at radius 2 is 2.14 bits per heavy atom. The Balaban J connectivity index is 2.60. The molecule has 0 saturated carbocycles. The molecule has 2 aromatic rings. The van der Waals surface area contributed by atoms with Crippen molar-refractivity contribution in [3.05, 3.63) is 41.9 Å². The number of aldehydes is 1. The number of carbonyl (C=O) groups is 1. The van der Waals surface area contributed by atoms with Gasteiger partial charge in [-0.3, -0.25) is 4.79 Å². The van der Waals surface area contributed by atoms with Gasteiger partial charge in [-0.25, -0.2) is 4.39 Å². The van der Waals surface area contributed by atoms with Crippen LogP contribution < -0.4 is 0 Å². The van der Waals surface area contributed by atoms with Gasteiger partial charge < -0.3 is 4.52 Å². The maximum absolute atomic E-state index is 13.3. The van der Waals surface area contributed by atoms with Crippen LogP contribution in [0.1, 0.15) is 10.4 Å². The molecule has 0 atom stereocenters. The van der Waals surface area contributed by atoms with Crippen LogP contribution in [0, 0.1) is 5.82 Å². The molecule has 0 saturated heterocycles. The number of halogens is 1. The van der Waals surface area contributed by atoms with Gasteiger partial charge in [0, 0.05) is 5.56 Å². The zero-order valence-corrected chi connectivity index (χ0v) is 7.11. The summed E-state index contributed by atoms with van der Waals surface area (Å²) in [6.45, 7) is 0. The van der Waals surface area contributed by atoms with Crippen molar-refractivity contribution in [1.29, 1.82) is 0 Å². The fourth-order valence-electron chi connectivity index (χ4n) is 1.19. The van der Waals surface area contributed by atoms with E-state index in [-0.39, 0.29) is 16.8 Å². The highest BCUT2D eigenvalue weighted by Gasteiger charge is 2.12. The second-order valence-electron chi connectivity index (χ2n) is 2.72. The van der Waals surface area contributed by atoms with Crippen molar-refractivity contribution < 1.29 is 13.7 Å². The van der Waals surface area contributed by atoms with Gasteiger partial charge in [-0.1, -0.05) is 17.3 Å². The molecule has 70 valence electrons. The molecule has 0 aliphatic rings. The normalized spacial score (nSPS) is 10.1. The first-order chi connectivity index (χ1) is 6.83. The zero-order valence-electron chi connectivity index (χ0n) is 7.11. The van der Waals surface area contributed by atoms with E-state index in [0.717, 1.165) is 0 Å². The van der Waals surface area contributed by atoms with Crippen LogP contribution in [0.5, 0.6) is 0 Å². The van der Waals surface area contributed by atoms with Gasteiger partial charge >= 0.3 is 0 Å². The Labute approximate surface area is 79.1 Å². The van der Waals surface area contributed by atoms with Gasteiger partial charge in [-0.2, -0.15) is 0 Å². The third-order valence-corrected chi connectivity index (χ3v) is 1.85. The van der Waals surface area contributed by atoms with Crippen LogP contribution in [-0.4, -0.2) is 11.4 Å². The van der Waals surface area contributed by atoms with Crippen molar-refractivity contribution in [1.82, 2.24) is 5.16 Å². The van der Waals surface area contributed by atoms with Crippen LogP contribution in [0.25, 0.3) is 11.3 Å². The Hall–Kier alpha value is -1.97. The maximum Gasteiger partial charge on any atom is 0.155 e. The fraction of sp³-hybridized carbons (Fsp3) is 0. The average Bonchev–Trinajstić information content (AvgIpc) is 2.66. The number of nitrogens with zero attached hydrogens (tertiary/aromatic N) is 1. The number of benzene rings is 1. The lowest BCUT2D eigenvalue weighted by atomic mass is 10.1. The average molecular weight is 191 g/mol. The third kappa shape index (κ3) is 1.31. The first-order valence-electron chi connectivity index (χ1n) is 3.97. The molecule has 14 heavy (non-hydrogen) atoms. The lowest BCUT2D eigenvalue weighted by Crippen LogP contribution is -1.87. The second-order valence-corrected chi connectivity index (χ2v) is 2.72. The van der Waals surface area contributed by atoms with Gasteiger partial charge in [0.2, 0.25) is 0 Å². The van der Waals surface area contributed by atoms with E-state index >= 15 is 0 Å². The third-order valence-electron chi connectivity index (χ3n) is 1.85. The highest BCUT2D eigenvalue weighted by molar-refractivity contribution is 5.84. The van der Waals surface area contributed by atoms with Crippen LogP contribution in [0.4, 0.5) is 4.39 Å². The summed E-state index contributed by atoms with van der Waals surface area (Å²) in [5, 5.41) is 3.57. The predicted octanol–water partition coefficient (Wildman–Crippen LogP) is 2.29. The largest absolute Gasteiger partial charge is 0.363 e. The van der Waals surface area contributed by atoms with Crippen molar-refractivity contribution in [3.63, 3.8) is 0 Å². The minimum atomic E-state index is -0.426. The minimum Gasteiger partial charge on any atom is -0.363 e. The number of rotatable bonds is 2. The predicted molar refractivity (Wildman–Crippen MR) is 47.3 cm³/mol. The summed E-state index contributed by atoms with van der Waals surface area (Å²) in [5.41, 5.74) is 0.747. The van der Waals surface area contributed by atoms with Crippen LogP contribution in [-0.2, 0) is 0 Å². The fourth-order valence-corrected chi connectivity index (χ4v) is 1.19. The molecule has 2 rings (SSSR count). The molecule has 0 aliphatic heterocycles. The molecule has 3 nitrogen and oxygen atoms in total. The Morgan fingerprint density at radius 1 is 1.36 bits per heavy atom. The van der Waals surface area contributed by atoms with Crippen molar-refractivity contribution in [2.75, 3.05) is 0 Å². The molecule has 1 aromatic carbocycles. The Morgan fingerprint density at radius 3 is 2.86 bits per heavy atom. The van der Waals surface area contributed by atoms with Crippen LogP contribution in [0.3, 0.4) is 0 Å². The summed E-state index contributed by atoms with van der Waals surface area (Å²) < 4.78 is 17.9. The van der Waals surface area contributed by atoms with E-state index in [1.54, 1.807) is 18.2 Å². The van der Waals surface area contributed by atoms with E-state index in [2.05, 4.69) is 9.68 Å². The summed E-state index contributed by atoms with van der Waals surface area (Å²) in [6.07, 6.45) is 1.77. The van der Waals surface area contributed by atoms with Crippen LogP contribution in [0.2, 0.25) is 0 Å². The highest BCUT2D eigenvalue weighted by Crippen LogP contribution is 2.23. The first-order valence-corrected chi connectivity index (χ1v) is 3.97. The lowest BCUT2D eigenvalue weighted by molar-refractivity contribution is 0.112. The van der Waals surface area contributed by atoms with Gasteiger partial charge in [-0.05, 0) is 12.1 Å². The van der Waals surface area contributed by atoms with Gasteiger partial charge in [-0.15, -0.1) is 0 Å². The topological polar surface area (TPSA) is 43.1 Å². The smallest absolute Gasteiger partial charge is 0.155 e. The molecule has 1 heterocycles. The van der Waals surface area contributed by atoms with E-state index in [1.165, 1.54) is 12.3 Å². The molecular weight excluding hydrogens is 185 g/mol. The first kappa shape index (κ1) is 8.62. The Bertz CT molecular complexity index is 465. The van der Waals surface area contributed by atoms with E-state index in [9.17, 15) is 9.18 Å². The van der Waals surface area contributed by atoms with Gasteiger partial charge in [0.25, 0.3) is 0 Å². The van der Waals surface area contributed by atoms with Crippen molar-refractivity contribution in [2.24, 2.45) is 0 Å². The molecule has 0 N–H and O–H groups in total. The lowest BCUT2D eigenvalue weighted by Gasteiger charge is -1.97. The van der Waals surface area contributed by atoms with E-state index < -0.39 is 5.82 Å². The molecule has 0 aliphatic carbocycles. The quantitative estimate of drug-likeness (QED) is 0.684. The summed E-state index contributed by atoms with van der Waals surface area (Å²) in [7, 11) is 0. The maximum atomic E-state index is 13.3. The summed E-state index contributed by atoms with van der Waals surface area (Å²) >= 11 is 0. The molecule has 1 aromatic heterocycles. The molecule has 0 spiro atoms. The molecule has 0 amide bonds. The van der Waals surface area contributed by atoms with Crippen molar-refractivity contribution in [2.45, 2.75) is 0 Å². The number of aromatic nitrogens is 1. The second kappa shape index (κ2) is 3.41. The van der Waals surface area contributed by atoms with E-state index in [0.29, 0.717) is 6.29 Å².